The Hall–Kier alpha value is -2.76. The Bertz CT molecular complexity index is 923. The Kier molecular flexibility index (Phi) is 5.61. The molecule has 0 radical (unpaired) electrons. The lowest BCUT2D eigenvalue weighted by Gasteiger charge is -2.13. The number of aromatic nitrogens is 1. The lowest BCUT2D eigenvalue weighted by molar-refractivity contribution is -0.136. The van der Waals surface area contributed by atoms with Crippen LogP contribution in [0.25, 0.3) is 22.0 Å². The summed E-state index contributed by atoms with van der Waals surface area (Å²) in [5.74, 6) is -0.898. The summed E-state index contributed by atoms with van der Waals surface area (Å²) in [6, 6.07) is 15.5. The minimum atomic E-state index is -0.898. The highest BCUT2D eigenvalue weighted by Crippen LogP contribution is 2.32. The summed E-state index contributed by atoms with van der Waals surface area (Å²) in [5.41, 5.74) is 4.32. The number of carboxylic acid groups (broad SMARTS) is 1. The minimum Gasteiger partial charge on any atom is -0.481 e. The highest BCUT2D eigenvalue weighted by atomic mass is 16.4. The van der Waals surface area contributed by atoms with Gasteiger partial charge in [-0.05, 0) is 41.2 Å². The van der Waals surface area contributed by atoms with Gasteiger partial charge in [0, 0.05) is 11.6 Å². The molecule has 0 aliphatic carbocycles. The van der Waals surface area contributed by atoms with Gasteiger partial charge in [-0.2, -0.15) is 0 Å². The second-order valence-electron chi connectivity index (χ2n) is 6.32. The first-order valence-corrected chi connectivity index (χ1v) is 8.55. The van der Waals surface area contributed by atoms with Crippen LogP contribution in [0.2, 0.25) is 0 Å². The van der Waals surface area contributed by atoms with E-state index in [9.17, 15) is 15.0 Å². The van der Waals surface area contributed by atoms with Crippen molar-refractivity contribution >= 4 is 16.9 Å². The molecule has 0 bridgehead atoms. The highest BCUT2D eigenvalue weighted by Gasteiger charge is 2.14. The van der Waals surface area contributed by atoms with E-state index in [1.54, 1.807) is 6.20 Å². The molecule has 26 heavy (non-hydrogen) atoms. The molecular formula is C21H21NO4. The van der Waals surface area contributed by atoms with Gasteiger partial charge in [-0.1, -0.05) is 42.5 Å². The van der Waals surface area contributed by atoms with E-state index in [-0.39, 0.29) is 13.0 Å². The fourth-order valence-electron chi connectivity index (χ4n) is 3.13. The van der Waals surface area contributed by atoms with Crippen molar-refractivity contribution in [3.63, 3.8) is 0 Å². The van der Waals surface area contributed by atoms with E-state index in [2.05, 4.69) is 4.98 Å². The van der Waals surface area contributed by atoms with Crippen LogP contribution in [0.1, 0.15) is 17.5 Å². The number of aliphatic hydroxyl groups excluding tert-OH is 2. The predicted octanol–water partition coefficient (Wildman–Crippen LogP) is 2.81. The van der Waals surface area contributed by atoms with Crippen LogP contribution in [0.5, 0.6) is 0 Å². The summed E-state index contributed by atoms with van der Waals surface area (Å²) in [6.45, 7) is -0.253. The van der Waals surface area contributed by atoms with Gasteiger partial charge < -0.3 is 15.3 Å². The van der Waals surface area contributed by atoms with E-state index in [0.717, 1.165) is 27.6 Å². The zero-order valence-corrected chi connectivity index (χ0v) is 14.3. The van der Waals surface area contributed by atoms with Gasteiger partial charge in [0.15, 0.2) is 0 Å². The molecule has 0 aliphatic rings. The zero-order valence-electron chi connectivity index (χ0n) is 14.3. The number of fused-ring (bicyclic) bond motifs is 1. The summed E-state index contributed by atoms with van der Waals surface area (Å²) in [4.78, 5) is 15.7. The second-order valence-corrected chi connectivity index (χ2v) is 6.32. The first-order valence-electron chi connectivity index (χ1n) is 8.55. The first kappa shape index (κ1) is 18.0. The largest absolute Gasteiger partial charge is 0.481 e. The van der Waals surface area contributed by atoms with Crippen LogP contribution in [0.15, 0.2) is 54.7 Å². The number of hydrogen-bond acceptors (Lipinski definition) is 4. The van der Waals surface area contributed by atoms with Crippen molar-refractivity contribution in [3.05, 3.63) is 65.9 Å². The number of benzene rings is 2. The molecule has 0 saturated carbocycles. The van der Waals surface area contributed by atoms with Crippen LogP contribution in [0, 0.1) is 0 Å². The van der Waals surface area contributed by atoms with Crippen molar-refractivity contribution in [3.8, 4) is 11.1 Å². The smallest absolute Gasteiger partial charge is 0.307 e. The molecule has 1 atom stereocenters. The Balaban J connectivity index is 2.07. The van der Waals surface area contributed by atoms with Crippen LogP contribution in [0.3, 0.4) is 0 Å². The maximum atomic E-state index is 11.3. The molecule has 3 N–H and O–H groups in total. The second kappa shape index (κ2) is 8.08. The number of para-hydroxylation sites is 1. The predicted molar refractivity (Wildman–Crippen MR) is 99.9 cm³/mol. The summed E-state index contributed by atoms with van der Waals surface area (Å²) in [7, 11) is 0. The average molecular weight is 351 g/mol. The lowest BCUT2D eigenvalue weighted by Crippen LogP contribution is -2.12. The molecule has 5 nitrogen and oxygen atoms in total. The minimum absolute atomic E-state index is 0.0966. The molecule has 3 aromatic rings. The number of aliphatic carboxylic acids is 1. The van der Waals surface area contributed by atoms with Gasteiger partial charge in [-0.25, -0.2) is 0 Å². The number of aryl methyl sites for hydroxylation is 1. The van der Waals surface area contributed by atoms with Gasteiger partial charge in [0.1, 0.15) is 0 Å². The average Bonchev–Trinajstić information content (AvgIpc) is 2.65. The van der Waals surface area contributed by atoms with Gasteiger partial charge >= 0.3 is 5.97 Å². The van der Waals surface area contributed by atoms with Crippen LogP contribution >= 0.6 is 0 Å². The fraction of sp³-hybridized carbons (Fsp3) is 0.238. The highest BCUT2D eigenvalue weighted by molar-refractivity contribution is 5.97. The maximum absolute atomic E-state index is 11.3. The van der Waals surface area contributed by atoms with E-state index in [4.69, 9.17) is 5.11 Å². The van der Waals surface area contributed by atoms with Crippen molar-refractivity contribution < 1.29 is 20.1 Å². The summed E-state index contributed by atoms with van der Waals surface area (Å²) < 4.78 is 0. The van der Waals surface area contributed by atoms with Gasteiger partial charge in [0.05, 0.1) is 24.6 Å². The SMILES string of the molecule is O=C(O)Cc1cnc2ccccc2c1-c1cccc(CC[C@@H](O)CO)c1. The van der Waals surface area contributed by atoms with Gasteiger partial charge in [-0.15, -0.1) is 0 Å². The van der Waals surface area contributed by atoms with Gasteiger partial charge in [0.2, 0.25) is 0 Å². The number of nitrogens with zero attached hydrogens (tertiary/aromatic N) is 1. The Morgan fingerprint density at radius 1 is 1.12 bits per heavy atom. The third-order valence-corrected chi connectivity index (χ3v) is 4.39. The summed E-state index contributed by atoms with van der Waals surface area (Å²) in [5, 5.41) is 28.7. The summed E-state index contributed by atoms with van der Waals surface area (Å²) >= 11 is 0. The Labute approximate surface area is 151 Å². The normalized spacial score (nSPS) is 12.2. The van der Waals surface area contributed by atoms with E-state index in [0.29, 0.717) is 18.4 Å². The van der Waals surface area contributed by atoms with Crippen LogP contribution in [0.4, 0.5) is 0 Å². The molecule has 0 aliphatic heterocycles. The molecule has 3 rings (SSSR count). The number of aliphatic hydroxyl groups is 2. The number of carboxylic acids is 1. The van der Waals surface area contributed by atoms with Crippen molar-refractivity contribution in [2.75, 3.05) is 6.61 Å². The van der Waals surface area contributed by atoms with Crippen molar-refractivity contribution in [2.45, 2.75) is 25.4 Å². The van der Waals surface area contributed by atoms with E-state index < -0.39 is 12.1 Å². The van der Waals surface area contributed by atoms with Crippen molar-refractivity contribution in [1.82, 2.24) is 4.98 Å². The quantitative estimate of drug-likeness (QED) is 0.609. The third kappa shape index (κ3) is 4.07. The van der Waals surface area contributed by atoms with Crippen molar-refractivity contribution in [1.29, 1.82) is 0 Å². The lowest BCUT2D eigenvalue weighted by atomic mass is 9.93. The number of hydrogen-bond donors (Lipinski definition) is 3. The molecule has 2 aromatic carbocycles. The Morgan fingerprint density at radius 2 is 1.92 bits per heavy atom. The molecule has 0 fully saturated rings. The number of pyridine rings is 1. The molecule has 1 heterocycles. The fourth-order valence-corrected chi connectivity index (χ4v) is 3.13. The summed E-state index contributed by atoms with van der Waals surface area (Å²) in [6.07, 6.45) is 1.91. The van der Waals surface area contributed by atoms with Gasteiger partial charge in [-0.3, -0.25) is 9.78 Å². The van der Waals surface area contributed by atoms with Crippen LogP contribution in [-0.2, 0) is 17.6 Å². The molecular weight excluding hydrogens is 330 g/mol. The van der Waals surface area contributed by atoms with E-state index in [1.165, 1.54) is 0 Å². The number of carbonyl (C=O) groups is 1. The van der Waals surface area contributed by atoms with E-state index >= 15 is 0 Å². The van der Waals surface area contributed by atoms with Crippen LogP contribution in [-0.4, -0.2) is 39.0 Å². The van der Waals surface area contributed by atoms with E-state index in [1.807, 2.05) is 48.5 Å². The standard InChI is InChI=1S/C21H21NO4/c23-13-17(24)9-8-14-4-3-5-15(10-14)21-16(11-20(25)26)12-22-19-7-2-1-6-18(19)21/h1-7,10,12,17,23-24H,8-9,11,13H2,(H,25,26)/t17-/m1/s1. The topological polar surface area (TPSA) is 90.7 Å². The zero-order chi connectivity index (χ0) is 18.5. The molecule has 0 saturated heterocycles. The third-order valence-electron chi connectivity index (χ3n) is 4.39. The molecule has 0 unspecified atom stereocenters. The molecule has 0 amide bonds. The maximum Gasteiger partial charge on any atom is 0.307 e. The molecule has 5 heteroatoms. The molecule has 134 valence electrons. The monoisotopic (exact) mass is 351 g/mol. The molecule has 0 spiro atoms. The first-order chi connectivity index (χ1) is 12.6. The Morgan fingerprint density at radius 3 is 2.69 bits per heavy atom. The number of rotatable bonds is 7. The molecule has 1 aromatic heterocycles. The van der Waals surface area contributed by atoms with Gasteiger partial charge in [0.25, 0.3) is 0 Å². The van der Waals surface area contributed by atoms with Crippen molar-refractivity contribution in [2.24, 2.45) is 0 Å². The van der Waals surface area contributed by atoms with Crippen LogP contribution < -0.4 is 0 Å².